The molecule has 1 fully saturated rings. The van der Waals surface area contributed by atoms with Crippen LogP contribution in [-0.4, -0.2) is 73.9 Å². The summed E-state index contributed by atoms with van der Waals surface area (Å²) in [5, 5.41) is 9.81. The van der Waals surface area contributed by atoms with Crippen LogP contribution in [0, 0.1) is 11.3 Å². The number of benzene rings is 2. The number of ketones is 1. The number of rotatable bonds is 7. The smallest absolute Gasteiger partial charge is 0.243 e. The molecule has 0 N–H and O–H groups in total. The summed E-state index contributed by atoms with van der Waals surface area (Å²) in [6.07, 6.45) is 2.19. The molecule has 3 aromatic rings. The van der Waals surface area contributed by atoms with Gasteiger partial charge in [0, 0.05) is 61.5 Å². The molecule has 10 heteroatoms. The number of Topliss-reactive ketones (excluding diaryl/α,β-unsaturated/α-hetero) is 1. The minimum Gasteiger partial charge on any atom is -0.486 e. The highest BCUT2D eigenvalue weighted by atomic mass is 32.2. The summed E-state index contributed by atoms with van der Waals surface area (Å²) in [5.74, 6) is 0.975. The number of carbonyl (C=O) groups excluding carboxylic acids is 1. The first kappa shape index (κ1) is 23.4. The summed E-state index contributed by atoms with van der Waals surface area (Å²) < 4.78 is 40.8. The zero-order valence-corrected chi connectivity index (χ0v) is 20.0. The van der Waals surface area contributed by atoms with Gasteiger partial charge in [-0.25, -0.2) is 8.42 Å². The number of piperazine rings is 1. The Bertz CT molecular complexity index is 1400. The zero-order chi connectivity index (χ0) is 24.4. The number of ether oxygens (including phenoxy) is 2. The predicted octanol–water partition coefficient (Wildman–Crippen LogP) is 2.52. The van der Waals surface area contributed by atoms with Gasteiger partial charge in [0.25, 0.3) is 0 Å². The van der Waals surface area contributed by atoms with Crippen molar-refractivity contribution in [2.75, 3.05) is 45.9 Å². The van der Waals surface area contributed by atoms with Crippen molar-refractivity contribution in [2.45, 2.75) is 17.9 Å². The third kappa shape index (κ3) is 4.62. The molecule has 2 aliphatic rings. The fraction of sp³-hybridized carbons (Fsp3) is 0.360. The van der Waals surface area contributed by atoms with Crippen molar-refractivity contribution >= 4 is 26.7 Å². The van der Waals surface area contributed by atoms with Gasteiger partial charge in [-0.15, -0.1) is 0 Å². The molecule has 0 spiro atoms. The molecular formula is C25H26N4O5S. The maximum absolute atomic E-state index is 13.2. The number of aryl methyl sites for hydroxylation is 1. The first-order chi connectivity index (χ1) is 17.0. The minimum atomic E-state index is -3.68. The van der Waals surface area contributed by atoms with Gasteiger partial charge in [-0.05, 0) is 18.2 Å². The van der Waals surface area contributed by atoms with E-state index in [1.54, 1.807) is 12.1 Å². The van der Waals surface area contributed by atoms with E-state index in [0.717, 1.165) is 10.9 Å². The number of nitriles is 1. The van der Waals surface area contributed by atoms with Gasteiger partial charge >= 0.3 is 0 Å². The summed E-state index contributed by atoms with van der Waals surface area (Å²) in [7, 11) is -3.68. The number of nitrogens with zero attached hydrogens (tertiary/aromatic N) is 4. The Labute approximate surface area is 204 Å². The van der Waals surface area contributed by atoms with Crippen molar-refractivity contribution in [1.29, 1.82) is 5.26 Å². The summed E-state index contributed by atoms with van der Waals surface area (Å²) in [6, 6.07) is 14.5. The van der Waals surface area contributed by atoms with E-state index in [0.29, 0.717) is 69.4 Å². The standard InChI is InChI=1S/C25H26N4O5S/c26-8-3-9-28-17-21(20-4-1-2-5-22(20)28)23(30)18-27-10-12-29(13-11-27)35(31,32)19-6-7-24-25(16-19)34-15-14-33-24/h1-2,4-7,16-17H,3,9-15,18H2. The molecule has 0 bridgehead atoms. The molecule has 5 rings (SSSR count). The second-order valence-corrected chi connectivity index (χ2v) is 10.5. The molecule has 0 aliphatic carbocycles. The maximum Gasteiger partial charge on any atom is 0.243 e. The van der Waals surface area contributed by atoms with Gasteiger partial charge in [-0.1, -0.05) is 18.2 Å². The maximum atomic E-state index is 13.2. The Morgan fingerprint density at radius 1 is 1.00 bits per heavy atom. The molecule has 0 amide bonds. The van der Waals surface area contributed by atoms with Crippen LogP contribution in [0.5, 0.6) is 11.5 Å². The van der Waals surface area contributed by atoms with E-state index in [4.69, 9.17) is 14.7 Å². The Morgan fingerprint density at radius 2 is 1.74 bits per heavy atom. The van der Waals surface area contributed by atoms with Crippen LogP contribution >= 0.6 is 0 Å². The molecule has 3 heterocycles. The van der Waals surface area contributed by atoms with Crippen molar-refractivity contribution in [3.05, 3.63) is 54.2 Å². The normalized spacial score (nSPS) is 16.8. The lowest BCUT2D eigenvalue weighted by Gasteiger charge is -2.33. The second kappa shape index (κ2) is 9.70. The Kier molecular flexibility index (Phi) is 6.47. The van der Waals surface area contributed by atoms with E-state index in [9.17, 15) is 13.2 Å². The highest BCUT2D eigenvalue weighted by molar-refractivity contribution is 7.89. The lowest BCUT2D eigenvalue weighted by Crippen LogP contribution is -2.49. The van der Waals surface area contributed by atoms with Crippen molar-refractivity contribution in [2.24, 2.45) is 0 Å². The number of sulfonamides is 1. The summed E-state index contributed by atoms with van der Waals surface area (Å²) in [5.41, 5.74) is 1.56. The van der Waals surface area contributed by atoms with Crippen LogP contribution < -0.4 is 9.47 Å². The van der Waals surface area contributed by atoms with E-state index in [2.05, 4.69) is 6.07 Å². The van der Waals surface area contributed by atoms with Crippen LogP contribution in [0.3, 0.4) is 0 Å². The van der Waals surface area contributed by atoms with Crippen LogP contribution in [0.25, 0.3) is 10.9 Å². The Hall–Kier alpha value is -3.39. The molecule has 9 nitrogen and oxygen atoms in total. The van der Waals surface area contributed by atoms with E-state index in [1.165, 1.54) is 10.4 Å². The van der Waals surface area contributed by atoms with Gasteiger partial charge in [-0.3, -0.25) is 9.69 Å². The summed E-state index contributed by atoms with van der Waals surface area (Å²) >= 11 is 0. The Balaban J connectivity index is 1.25. The van der Waals surface area contributed by atoms with Crippen molar-refractivity contribution in [3.63, 3.8) is 0 Å². The molecule has 182 valence electrons. The molecule has 2 aliphatic heterocycles. The number of aromatic nitrogens is 1. The van der Waals surface area contributed by atoms with E-state index in [-0.39, 0.29) is 17.2 Å². The number of para-hydroxylation sites is 1. The predicted molar refractivity (Wildman–Crippen MR) is 129 cm³/mol. The molecule has 1 aromatic heterocycles. The number of hydrogen-bond acceptors (Lipinski definition) is 7. The Morgan fingerprint density at radius 3 is 2.51 bits per heavy atom. The molecule has 35 heavy (non-hydrogen) atoms. The fourth-order valence-electron chi connectivity index (χ4n) is 4.57. The van der Waals surface area contributed by atoms with Crippen LogP contribution in [0.15, 0.2) is 53.6 Å². The molecule has 0 unspecified atom stereocenters. The van der Waals surface area contributed by atoms with Gasteiger partial charge in [0.05, 0.1) is 23.9 Å². The van der Waals surface area contributed by atoms with Crippen LogP contribution in [0.4, 0.5) is 0 Å². The number of hydrogen-bond donors (Lipinski definition) is 0. The van der Waals surface area contributed by atoms with Gasteiger partial charge in [0.1, 0.15) is 13.2 Å². The van der Waals surface area contributed by atoms with Gasteiger partial charge < -0.3 is 14.0 Å². The minimum absolute atomic E-state index is 0.0138. The van der Waals surface area contributed by atoms with E-state index >= 15 is 0 Å². The monoisotopic (exact) mass is 494 g/mol. The molecule has 2 aromatic carbocycles. The molecular weight excluding hydrogens is 468 g/mol. The second-order valence-electron chi connectivity index (χ2n) is 8.57. The average molecular weight is 495 g/mol. The number of carbonyl (C=O) groups is 1. The largest absolute Gasteiger partial charge is 0.486 e. The molecule has 0 radical (unpaired) electrons. The van der Waals surface area contributed by atoms with Crippen LogP contribution in [0.1, 0.15) is 16.8 Å². The third-order valence-corrected chi connectivity index (χ3v) is 8.30. The van der Waals surface area contributed by atoms with Gasteiger partial charge in [-0.2, -0.15) is 9.57 Å². The first-order valence-corrected chi connectivity index (χ1v) is 13.0. The lowest BCUT2D eigenvalue weighted by atomic mass is 10.1. The summed E-state index contributed by atoms with van der Waals surface area (Å²) in [6.45, 7) is 3.10. The lowest BCUT2D eigenvalue weighted by molar-refractivity contribution is 0.0903. The molecule has 0 atom stereocenters. The van der Waals surface area contributed by atoms with Crippen LogP contribution in [-0.2, 0) is 16.6 Å². The highest BCUT2D eigenvalue weighted by Gasteiger charge is 2.30. The van der Waals surface area contributed by atoms with Gasteiger partial charge in [0.15, 0.2) is 17.3 Å². The zero-order valence-electron chi connectivity index (χ0n) is 19.2. The van der Waals surface area contributed by atoms with E-state index in [1.807, 2.05) is 39.9 Å². The van der Waals surface area contributed by atoms with Crippen LogP contribution in [0.2, 0.25) is 0 Å². The highest BCUT2D eigenvalue weighted by Crippen LogP contribution is 2.33. The fourth-order valence-corrected chi connectivity index (χ4v) is 6.01. The summed E-state index contributed by atoms with van der Waals surface area (Å²) in [4.78, 5) is 15.3. The van der Waals surface area contributed by atoms with Crippen molar-refractivity contribution in [1.82, 2.24) is 13.8 Å². The topological polar surface area (TPSA) is 105 Å². The molecule has 1 saturated heterocycles. The average Bonchev–Trinajstić information content (AvgIpc) is 3.26. The third-order valence-electron chi connectivity index (χ3n) is 6.40. The quantitative estimate of drug-likeness (QED) is 0.465. The molecule has 0 saturated carbocycles. The van der Waals surface area contributed by atoms with Gasteiger partial charge in [0.2, 0.25) is 10.0 Å². The van der Waals surface area contributed by atoms with E-state index < -0.39 is 10.0 Å². The number of fused-ring (bicyclic) bond motifs is 2. The van der Waals surface area contributed by atoms with Crippen molar-refractivity contribution < 1.29 is 22.7 Å². The van der Waals surface area contributed by atoms with Crippen molar-refractivity contribution in [3.8, 4) is 17.6 Å². The SMILES string of the molecule is N#CCCn1cc(C(=O)CN2CCN(S(=O)(=O)c3ccc4c(c3)OCCO4)CC2)c2ccccc21. The first-order valence-electron chi connectivity index (χ1n) is 11.6.